The van der Waals surface area contributed by atoms with Crippen LogP contribution in [0, 0.1) is 10.8 Å². The number of ether oxygens (including phenoxy) is 1. The number of amides is 2. The van der Waals surface area contributed by atoms with E-state index in [4.69, 9.17) is 24.3 Å². The molecule has 0 aromatic heterocycles. The van der Waals surface area contributed by atoms with Crippen molar-refractivity contribution in [3.8, 4) is 0 Å². The van der Waals surface area contributed by atoms with Crippen molar-refractivity contribution < 1.29 is 89.8 Å². The Morgan fingerprint density at radius 3 is 1.22 bits per heavy atom. The molecule has 0 radical (unpaired) electrons. The molecule has 4 unspecified atom stereocenters. The van der Waals surface area contributed by atoms with Gasteiger partial charge in [0.05, 0.1) is 39.3 Å². The van der Waals surface area contributed by atoms with E-state index in [9.17, 15) is 47.8 Å². The molecule has 4 atom stereocenters. The second kappa shape index (κ2) is 15.9. The van der Waals surface area contributed by atoms with Crippen LogP contribution in [0.25, 0.3) is 0 Å². The summed E-state index contributed by atoms with van der Waals surface area (Å²) < 4.78 is 65.7. The summed E-state index contributed by atoms with van der Waals surface area (Å²) in [5.41, 5.74) is -2.85. The summed E-state index contributed by atoms with van der Waals surface area (Å²) in [5, 5.41) is 24.6. The van der Waals surface area contributed by atoms with E-state index in [0.717, 1.165) is 0 Å². The van der Waals surface area contributed by atoms with E-state index in [2.05, 4.69) is 28.3 Å². The first kappa shape index (κ1) is 40.3. The second-order valence-electron chi connectivity index (χ2n) is 9.66. The molecule has 21 nitrogen and oxygen atoms in total. The molecule has 0 aromatic rings. The Morgan fingerprint density at radius 2 is 0.951 bits per heavy atom. The van der Waals surface area contributed by atoms with Crippen molar-refractivity contribution in [2.24, 2.45) is 10.8 Å². The fraction of sp³-hybridized carbons (Fsp3) is 0.875. The molecule has 2 amide bonds. The van der Waals surface area contributed by atoms with Crippen molar-refractivity contribution in [1.29, 1.82) is 0 Å². The Labute approximate surface area is 234 Å². The van der Waals surface area contributed by atoms with Crippen molar-refractivity contribution in [2.75, 3.05) is 26.4 Å². The lowest BCUT2D eigenvalue weighted by molar-refractivity contribution is -0.129. The van der Waals surface area contributed by atoms with Crippen molar-refractivity contribution in [3.63, 3.8) is 0 Å². The van der Waals surface area contributed by atoms with E-state index >= 15 is 0 Å². The number of carbonyl (C=O) groups excluding carboxylic acids is 2. The molecular weight excluding hydrogens is 648 g/mol. The first-order valence-corrected chi connectivity index (χ1v) is 17.2. The van der Waals surface area contributed by atoms with E-state index in [-0.39, 0.29) is 26.1 Å². The number of carbonyl (C=O) groups is 2. The molecule has 0 saturated heterocycles. The van der Waals surface area contributed by atoms with Gasteiger partial charge in [0.15, 0.2) is 0 Å². The Bertz CT molecular complexity index is 989. The molecule has 0 rings (SSSR count). The van der Waals surface area contributed by atoms with Crippen LogP contribution in [-0.2, 0) is 50.3 Å². The Hall–Kier alpha value is -0.660. The molecule has 10 N–H and O–H groups in total. The van der Waals surface area contributed by atoms with E-state index < -0.39 is 79.6 Å². The number of hydrogen-bond donors (Lipinski definition) is 10. The molecule has 0 spiro atoms. The van der Waals surface area contributed by atoms with E-state index in [1.165, 1.54) is 27.7 Å². The Balaban J connectivity index is 4.45. The number of phosphoric acid groups is 4. The van der Waals surface area contributed by atoms with Crippen molar-refractivity contribution in [1.82, 2.24) is 10.6 Å². The summed E-state index contributed by atoms with van der Waals surface area (Å²) in [6, 6.07) is 0. The van der Waals surface area contributed by atoms with Gasteiger partial charge in [0.25, 0.3) is 0 Å². The summed E-state index contributed by atoms with van der Waals surface area (Å²) in [6.45, 7) is 3.22. The third kappa shape index (κ3) is 19.3. The quantitative estimate of drug-likeness (QED) is 0.0424. The standard InChI is InChI=1S/C16H36N2O19P4/c1-15(2,9-34-40(29,30)36-38(23,24)25)13(21)17-11(19)5-7-33-8-6-12(20)18-14(22)16(3,4)10-35-41(31,32)37-39(26,27)28/h13-14,21-22H,5-10H2,1-4H3,(H,17,19)(H,18,20)(H,29,30)(H,31,32)(H2,23,24,25)(H2,26,27,28). The van der Waals surface area contributed by atoms with Gasteiger partial charge in [-0.1, -0.05) is 27.7 Å². The summed E-state index contributed by atoms with van der Waals surface area (Å²) in [5.74, 6) is -1.48. The van der Waals surface area contributed by atoms with Gasteiger partial charge in [-0.05, 0) is 0 Å². The highest BCUT2D eigenvalue weighted by molar-refractivity contribution is 7.61. The number of phosphoric ester groups is 2. The molecule has 0 saturated carbocycles. The number of aliphatic hydroxyl groups excluding tert-OH is 2. The van der Waals surface area contributed by atoms with Crippen LogP contribution in [-0.4, -0.2) is 90.3 Å². The topological polar surface area (TPSA) is 334 Å². The molecule has 0 fully saturated rings. The molecule has 0 bridgehead atoms. The molecule has 0 aliphatic rings. The predicted molar refractivity (Wildman–Crippen MR) is 134 cm³/mol. The predicted octanol–water partition coefficient (Wildman–Crippen LogP) is -0.843. The van der Waals surface area contributed by atoms with Crippen LogP contribution in [0.1, 0.15) is 40.5 Å². The number of rotatable bonds is 20. The smallest absolute Gasteiger partial charge is 0.380 e. The first-order chi connectivity index (χ1) is 18.2. The fourth-order valence-corrected chi connectivity index (χ4v) is 5.76. The third-order valence-electron chi connectivity index (χ3n) is 4.64. The minimum Gasteiger partial charge on any atom is -0.380 e. The lowest BCUT2D eigenvalue weighted by atomic mass is 9.92. The SMILES string of the molecule is CC(C)(COP(=O)(O)OP(=O)(O)O)C(O)NC(=O)CCOCCC(=O)NC(O)C(C)(C)COP(=O)(O)OP(=O)(O)O. The maximum Gasteiger partial charge on any atom is 0.481 e. The van der Waals surface area contributed by atoms with Gasteiger partial charge in [0.2, 0.25) is 11.8 Å². The largest absolute Gasteiger partial charge is 0.481 e. The minimum atomic E-state index is -5.34. The molecule has 0 aromatic carbocycles. The minimum absolute atomic E-state index is 0.224. The zero-order valence-corrected chi connectivity index (χ0v) is 25.8. The Morgan fingerprint density at radius 1 is 0.659 bits per heavy atom. The molecule has 41 heavy (non-hydrogen) atoms. The number of aliphatic hydroxyl groups is 2. The van der Waals surface area contributed by atoms with Gasteiger partial charge in [-0.3, -0.25) is 18.6 Å². The summed E-state index contributed by atoms with van der Waals surface area (Å²) in [6.07, 6.45) is -3.90. The van der Waals surface area contributed by atoms with Crippen LogP contribution >= 0.6 is 31.3 Å². The van der Waals surface area contributed by atoms with Gasteiger partial charge < -0.3 is 54.9 Å². The average Bonchev–Trinajstić information content (AvgIpc) is 2.73. The highest BCUT2D eigenvalue weighted by atomic mass is 31.3. The first-order valence-electron chi connectivity index (χ1n) is 11.2. The average molecular weight is 684 g/mol. The maximum absolute atomic E-state index is 12.0. The lowest BCUT2D eigenvalue weighted by Crippen LogP contribution is -2.47. The van der Waals surface area contributed by atoms with Crippen LogP contribution in [0.5, 0.6) is 0 Å². The molecule has 244 valence electrons. The van der Waals surface area contributed by atoms with Crippen molar-refractivity contribution >= 4 is 43.1 Å². The van der Waals surface area contributed by atoms with E-state index in [1.807, 2.05) is 0 Å². The summed E-state index contributed by atoms with van der Waals surface area (Å²) in [7, 11) is -21.0. The van der Waals surface area contributed by atoms with E-state index in [0.29, 0.717) is 0 Å². The van der Waals surface area contributed by atoms with E-state index in [1.54, 1.807) is 0 Å². The van der Waals surface area contributed by atoms with Gasteiger partial charge in [-0.25, -0.2) is 18.3 Å². The van der Waals surface area contributed by atoms with Gasteiger partial charge >= 0.3 is 31.3 Å². The lowest BCUT2D eigenvalue weighted by Gasteiger charge is -2.31. The summed E-state index contributed by atoms with van der Waals surface area (Å²) in [4.78, 5) is 77.0. The molecule has 0 heterocycles. The van der Waals surface area contributed by atoms with Gasteiger partial charge in [-0.2, -0.15) is 8.62 Å². The fourth-order valence-electron chi connectivity index (χ4n) is 2.24. The number of hydrogen-bond acceptors (Lipinski definition) is 13. The van der Waals surface area contributed by atoms with Crippen LogP contribution in [0.15, 0.2) is 0 Å². The Kier molecular flexibility index (Phi) is 15.6. The van der Waals surface area contributed by atoms with Gasteiger partial charge in [0.1, 0.15) is 12.5 Å². The van der Waals surface area contributed by atoms with Crippen LogP contribution < -0.4 is 10.6 Å². The normalized spacial score (nSPS) is 17.7. The molecule has 0 aliphatic heterocycles. The highest BCUT2D eigenvalue weighted by Gasteiger charge is 2.38. The third-order valence-corrected chi connectivity index (χ3v) is 8.90. The highest BCUT2D eigenvalue weighted by Crippen LogP contribution is 2.59. The van der Waals surface area contributed by atoms with Crippen LogP contribution in [0.3, 0.4) is 0 Å². The van der Waals surface area contributed by atoms with Crippen molar-refractivity contribution in [3.05, 3.63) is 0 Å². The molecule has 0 aliphatic carbocycles. The second-order valence-corrected chi connectivity index (χ2v) is 15.3. The zero-order valence-electron chi connectivity index (χ0n) is 22.3. The van der Waals surface area contributed by atoms with Crippen LogP contribution in [0.2, 0.25) is 0 Å². The molecule has 25 heteroatoms. The summed E-state index contributed by atoms with van der Waals surface area (Å²) >= 11 is 0. The monoisotopic (exact) mass is 684 g/mol. The van der Waals surface area contributed by atoms with Gasteiger partial charge in [-0.15, -0.1) is 0 Å². The maximum atomic E-state index is 12.0. The molecular formula is C16H36N2O19P4. The number of nitrogens with one attached hydrogen (secondary N) is 2. The van der Waals surface area contributed by atoms with Gasteiger partial charge in [0, 0.05) is 10.8 Å². The van der Waals surface area contributed by atoms with Crippen molar-refractivity contribution in [2.45, 2.75) is 53.0 Å². The zero-order chi connectivity index (χ0) is 32.5. The van der Waals surface area contributed by atoms with Crippen LogP contribution in [0.4, 0.5) is 0 Å².